The number of carbonyl (C=O) groups excluding carboxylic acids is 1. The number of hydrogen-bond donors (Lipinski definition) is 0. The third kappa shape index (κ3) is 1.60. The molecule has 4 atom stereocenters. The Morgan fingerprint density at radius 3 is 2.50 bits per heavy atom. The minimum absolute atomic E-state index is 0.345. The average Bonchev–Trinajstić information content (AvgIpc) is 3.36. The number of ketones is 1. The third-order valence-electron chi connectivity index (χ3n) is 5.98. The molecule has 4 unspecified atom stereocenters. The number of benzene rings is 1. The Morgan fingerprint density at radius 1 is 1.05 bits per heavy atom. The highest BCUT2D eigenvalue weighted by atomic mass is 16.5. The van der Waals surface area contributed by atoms with Crippen LogP contribution in [0.25, 0.3) is 0 Å². The standard InChI is InChI=1S/C18H20O2/c19-18(17-15-10-4-5-11(8-10)16(15)17)12-2-1-3-14(9-12)20-13-6-7-13/h1-3,9-11,13,15-17H,4-8H2. The van der Waals surface area contributed by atoms with Crippen molar-refractivity contribution in [2.45, 2.75) is 38.2 Å². The number of hydrogen-bond acceptors (Lipinski definition) is 2. The summed E-state index contributed by atoms with van der Waals surface area (Å²) in [6, 6.07) is 7.89. The van der Waals surface area contributed by atoms with Gasteiger partial charge in [-0.25, -0.2) is 0 Å². The van der Waals surface area contributed by atoms with Crippen molar-refractivity contribution in [3.8, 4) is 5.75 Å². The van der Waals surface area contributed by atoms with Gasteiger partial charge in [0.1, 0.15) is 5.75 Å². The predicted octanol–water partition coefficient (Wildman–Crippen LogP) is 3.70. The second kappa shape index (κ2) is 3.87. The molecule has 0 radical (unpaired) electrons. The van der Waals surface area contributed by atoms with Crippen LogP contribution in [0.5, 0.6) is 5.75 Å². The van der Waals surface area contributed by atoms with E-state index in [0.717, 1.165) is 47.8 Å². The van der Waals surface area contributed by atoms with Gasteiger partial charge in [-0.05, 0) is 67.9 Å². The first kappa shape index (κ1) is 11.4. The molecule has 0 saturated heterocycles. The molecule has 4 saturated carbocycles. The highest BCUT2D eigenvalue weighted by Crippen LogP contribution is 2.69. The maximum atomic E-state index is 12.7. The molecule has 0 amide bonds. The number of rotatable bonds is 4. The zero-order chi connectivity index (χ0) is 13.3. The SMILES string of the molecule is O=C(c1cccc(OC2CC2)c1)C1C2C3CCC(C3)C12. The van der Waals surface area contributed by atoms with Gasteiger partial charge in [0.05, 0.1) is 6.10 Å². The minimum Gasteiger partial charge on any atom is -0.490 e. The van der Waals surface area contributed by atoms with Crippen molar-refractivity contribution in [3.05, 3.63) is 29.8 Å². The summed E-state index contributed by atoms with van der Waals surface area (Å²) in [5.74, 6) is 4.81. The summed E-state index contributed by atoms with van der Waals surface area (Å²) >= 11 is 0. The van der Waals surface area contributed by atoms with E-state index in [1.807, 2.05) is 24.3 Å². The lowest BCUT2D eigenvalue weighted by molar-refractivity contribution is 0.0944. The molecule has 4 aliphatic rings. The van der Waals surface area contributed by atoms with Crippen LogP contribution in [-0.4, -0.2) is 11.9 Å². The fourth-order valence-corrected chi connectivity index (χ4v) is 4.97. The molecule has 104 valence electrons. The Morgan fingerprint density at radius 2 is 1.80 bits per heavy atom. The van der Waals surface area contributed by atoms with E-state index < -0.39 is 0 Å². The Balaban J connectivity index is 1.36. The molecule has 1 aromatic carbocycles. The van der Waals surface area contributed by atoms with Crippen LogP contribution in [0, 0.1) is 29.6 Å². The molecule has 2 bridgehead atoms. The Kier molecular flexibility index (Phi) is 2.20. The number of carbonyl (C=O) groups is 1. The number of fused-ring (bicyclic) bond motifs is 5. The molecule has 20 heavy (non-hydrogen) atoms. The Bertz CT molecular complexity index is 559. The maximum absolute atomic E-state index is 12.7. The fraction of sp³-hybridized carbons (Fsp3) is 0.611. The molecule has 5 rings (SSSR count). The number of Topliss-reactive ketones (excluding diaryl/α,β-unsaturated/α-hetero) is 1. The fourth-order valence-electron chi connectivity index (χ4n) is 4.97. The summed E-state index contributed by atoms with van der Waals surface area (Å²) in [4.78, 5) is 12.7. The van der Waals surface area contributed by atoms with E-state index in [2.05, 4.69) is 0 Å². The van der Waals surface area contributed by atoms with Crippen LogP contribution >= 0.6 is 0 Å². The predicted molar refractivity (Wildman–Crippen MR) is 75.7 cm³/mol. The van der Waals surface area contributed by atoms with Gasteiger partial charge < -0.3 is 4.74 Å². The van der Waals surface area contributed by atoms with Crippen molar-refractivity contribution < 1.29 is 9.53 Å². The quantitative estimate of drug-likeness (QED) is 0.778. The van der Waals surface area contributed by atoms with Crippen LogP contribution in [0.2, 0.25) is 0 Å². The normalized spacial score (nSPS) is 40.5. The van der Waals surface area contributed by atoms with E-state index in [1.54, 1.807) is 0 Å². The van der Waals surface area contributed by atoms with Gasteiger partial charge in [-0.1, -0.05) is 12.1 Å². The Hall–Kier alpha value is -1.31. The van der Waals surface area contributed by atoms with Crippen molar-refractivity contribution in [1.29, 1.82) is 0 Å². The first-order chi connectivity index (χ1) is 9.81. The molecule has 4 aliphatic carbocycles. The maximum Gasteiger partial charge on any atom is 0.166 e. The highest BCUT2D eigenvalue weighted by Gasteiger charge is 2.67. The van der Waals surface area contributed by atoms with E-state index in [1.165, 1.54) is 19.3 Å². The molecule has 0 aliphatic heterocycles. The summed E-state index contributed by atoms with van der Waals surface area (Å²) in [7, 11) is 0. The van der Waals surface area contributed by atoms with Crippen LogP contribution in [-0.2, 0) is 0 Å². The van der Waals surface area contributed by atoms with E-state index in [-0.39, 0.29) is 0 Å². The van der Waals surface area contributed by atoms with Crippen molar-refractivity contribution in [1.82, 2.24) is 0 Å². The van der Waals surface area contributed by atoms with Crippen LogP contribution in [0.3, 0.4) is 0 Å². The van der Waals surface area contributed by atoms with Gasteiger partial charge in [0, 0.05) is 11.5 Å². The van der Waals surface area contributed by atoms with Crippen molar-refractivity contribution >= 4 is 5.78 Å². The molecule has 2 nitrogen and oxygen atoms in total. The largest absolute Gasteiger partial charge is 0.490 e. The average molecular weight is 268 g/mol. The first-order valence-electron chi connectivity index (χ1n) is 8.12. The summed E-state index contributed by atoms with van der Waals surface area (Å²) in [6.45, 7) is 0. The van der Waals surface area contributed by atoms with E-state index in [9.17, 15) is 4.79 Å². The van der Waals surface area contributed by atoms with E-state index >= 15 is 0 Å². The summed E-state index contributed by atoms with van der Waals surface area (Å²) in [6.07, 6.45) is 6.88. The van der Waals surface area contributed by atoms with E-state index in [4.69, 9.17) is 4.74 Å². The molecular weight excluding hydrogens is 248 g/mol. The van der Waals surface area contributed by atoms with E-state index in [0.29, 0.717) is 17.8 Å². The van der Waals surface area contributed by atoms with Gasteiger partial charge in [-0.3, -0.25) is 4.79 Å². The summed E-state index contributed by atoms with van der Waals surface area (Å²) in [5.41, 5.74) is 0.877. The zero-order valence-corrected chi connectivity index (χ0v) is 11.6. The second-order valence-electron chi connectivity index (χ2n) is 7.22. The lowest BCUT2D eigenvalue weighted by Gasteiger charge is -2.09. The van der Waals surface area contributed by atoms with Gasteiger partial charge in [0.25, 0.3) is 0 Å². The van der Waals surface area contributed by atoms with Gasteiger partial charge in [0.15, 0.2) is 5.78 Å². The second-order valence-corrected chi connectivity index (χ2v) is 7.22. The van der Waals surface area contributed by atoms with Gasteiger partial charge in [0.2, 0.25) is 0 Å². The lowest BCUT2D eigenvalue weighted by atomic mass is 9.96. The molecule has 0 N–H and O–H groups in total. The number of ether oxygens (including phenoxy) is 1. The monoisotopic (exact) mass is 268 g/mol. The van der Waals surface area contributed by atoms with Gasteiger partial charge >= 0.3 is 0 Å². The molecule has 4 fully saturated rings. The van der Waals surface area contributed by atoms with Gasteiger partial charge in [-0.15, -0.1) is 0 Å². The molecule has 0 spiro atoms. The Labute approximate surface area is 119 Å². The summed E-state index contributed by atoms with van der Waals surface area (Å²) < 4.78 is 5.81. The van der Waals surface area contributed by atoms with Crippen LogP contribution in [0.15, 0.2) is 24.3 Å². The lowest BCUT2D eigenvalue weighted by Crippen LogP contribution is -2.10. The topological polar surface area (TPSA) is 26.3 Å². The summed E-state index contributed by atoms with van der Waals surface area (Å²) in [5, 5.41) is 0. The van der Waals surface area contributed by atoms with Crippen molar-refractivity contribution in [2.75, 3.05) is 0 Å². The van der Waals surface area contributed by atoms with Crippen molar-refractivity contribution in [2.24, 2.45) is 29.6 Å². The molecule has 2 heteroatoms. The van der Waals surface area contributed by atoms with Crippen LogP contribution < -0.4 is 4.74 Å². The highest BCUT2D eigenvalue weighted by molar-refractivity contribution is 6.00. The first-order valence-corrected chi connectivity index (χ1v) is 8.12. The molecule has 0 aromatic heterocycles. The molecular formula is C18H20O2. The molecule has 1 aromatic rings. The van der Waals surface area contributed by atoms with Crippen molar-refractivity contribution in [3.63, 3.8) is 0 Å². The van der Waals surface area contributed by atoms with Crippen LogP contribution in [0.4, 0.5) is 0 Å². The minimum atomic E-state index is 0.345. The zero-order valence-electron chi connectivity index (χ0n) is 11.6. The smallest absolute Gasteiger partial charge is 0.166 e. The third-order valence-corrected chi connectivity index (χ3v) is 5.98. The van der Waals surface area contributed by atoms with Crippen LogP contribution in [0.1, 0.15) is 42.5 Å². The molecule has 0 heterocycles. The van der Waals surface area contributed by atoms with Gasteiger partial charge in [-0.2, -0.15) is 0 Å².